The average Bonchev–Trinajstić information content (AvgIpc) is 2.60. The molecule has 0 aliphatic carbocycles. The molecule has 3 N–H and O–H groups in total. The molecule has 0 aliphatic heterocycles. The molecule has 0 spiro atoms. The second-order valence-corrected chi connectivity index (χ2v) is 6.12. The van der Waals surface area contributed by atoms with Crippen LogP contribution in [0, 0.1) is 6.92 Å². The van der Waals surface area contributed by atoms with Gasteiger partial charge in [0.15, 0.2) is 0 Å². The maximum Gasteiger partial charge on any atom is 0.252 e. The summed E-state index contributed by atoms with van der Waals surface area (Å²) in [6, 6.07) is 17.2. The van der Waals surface area contributed by atoms with E-state index < -0.39 is 6.10 Å². The number of aliphatic hydroxyl groups is 1. The van der Waals surface area contributed by atoms with Gasteiger partial charge in [0.25, 0.3) is 5.56 Å². The summed E-state index contributed by atoms with van der Waals surface area (Å²) < 4.78 is 5.57. The third kappa shape index (κ3) is 4.68. The molecule has 25 heavy (non-hydrogen) atoms. The summed E-state index contributed by atoms with van der Waals surface area (Å²) in [6.45, 7) is 2.93. The average molecular weight is 338 g/mol. The maximum absolute atomic E-state index is 12.1. The van der Waals surface area contributed by atoms with E-state index in [1.165, 1.54) is 0 Å². The number of para-hydroxylation sites is 1. The van der Waals surface area contributed by atoms with Gasteiger partial charge in [0.1, 0.15) is 18.5 Å². The Morgan fingerprint density at radius 3 is 2.84 bits per heavy atom. The van der Waals surface area contributed by atoms with E-state index in [9.17, 15) is 9.90 Å². The molecule has 5 heteroatoms. The first-order chi connectivity index (χ1) is 12.1. The van der Waals surface area contributed by atoms with E-state index in [0.29, 0.717) is 18.7 Å². The Morgan fingerprint density at radius 2 is 2.00 bits per heavy atom. The van der Waals surface area contributed by atoms with Crippen molar-refractivity contribution in [2.24, 2.45) is 0 Å². The molecule has 0 fully saturated rings. The van der Waals surface area contributed by atoms with Crippen LogP contribution in [0.2, 0.25) is 0 Å². The molecule has 2 aromatic carbocycles. The minimum atomic E-state index is -0.653. The molecule has 0 saturated heterocycles. The number of H-pyrrole nitrogens is 1. The smallest absolute Gasteiger partial charge is 0.252 e. The lowest BCUT2D eigenvalue weighted by molar-refractivity contribution is 0.106. The van der Waals surface area contributed by atoms with Crippen molar-refractivity contribution in [1.29, 1.82) is 0 Å². The van der Waals surface area contributed by atoms with Crippen LogP contribution in [0.15, 0.2) is 59.4 Å². The molecule has 0 bridgehead atoms. The number of pyridine rings is 1. The Kier molecular flexibility index (Phi) is 5.48. The van der Waals surface area contributed by atoms with Crippen molar-refractivity contribution in [2.45, 2.75) is 19.6 Å². The van der Waals surface area contributed by atoms with Gasteiger partial charge in [0, 0.05) is 24.2 Å². The highest BCUT2D eigenvalue weighted by Crippen LogP contribution is 2.12. The lowest BCUT2D eigenvalue weighted by Gasteiger charge is -2.13. The predicted molar refractivity (Wildman–Crippen MR) is 99.0 cm³/mol. The van der Waals surface area contributed by atoms with E-state index in [-0.39, 0.29) is 12.2 Å². The number of nitrogens with one attached hydrogen (secondary N) is 2. The predicted octanol–water partition coefficient (Wildman–Crippen LogP) is 2.37. The molecule has 0 radical (unpaired) electrons. The van der Waals surface area contributed by atoms with Gasteiger partial charge in [-0.2, -0.15) is 0 Å². The summed E-state index contributed by atoms with van der Waals surface area (Å²) >= 11 is 0. The van der Waals surface area contributed by atoms with Gasteiger partial charge in [-0.25, -0.2) is 0 Å². The molecule has 1 atom stereocenters. The van der Waals surface area contributed by atoms with Crippen LogP contribution in [-0.2, 0) is 6.54 Å². The molecule has 130 valence electrons. The van der Waals surface area contributed by atoms with E-state index in [1.54, 1.807) is 0 Å². The fourth-order valence-electron chi connectivity index (χ4n) is 2.65. The number of aryl methyl sites for hydroxylation is 1. The zero-order valence-electron chi connectivity index (χ0n) is 14.2. The standard InChI is InChI=1S/C20H22N2O3/c1-14-5-4-7-18(9-14)25-13-17(23)12-21-11-16-10-15-6-2-3-8-19(15)22-20(16)24/h2-10,17,21,23H,11-13H2,1H3,(H,22,24). The van der Waals surface area contributed by atoms with Gasteiger partial charge in [-0.1, -0.05) is 30.3 Å². The number of fused-ring (bicyclic) bond motifs is 1. The van der Waals surface area contributed by atoms with Crippen molar-refractivity contribution >= 4 is 10.9 Å². The molecular formula is C20H22N2O3. The Bertz CT molecular complexity index is 905. The van der Waals surface area contributed by atoms with E-state index in [2.05, 4.69) is 10.3 Å². The third-order valence-electron chi connectivity index (χ3n) is 3.96. The number of aromatic nitrogens is 1. The summed E-state index contributed by atoms with van der Waals surface area (Å²) in [5.41, 5.74) is 2.46. The van der Waals surface area contributed by atoms with Crippen LogP contribution in [0.1, 0.15) is 11.1 Å². The number of hydrogen-bond donors (Lipinski definition) is 3. The molecule has 1 unspecified atom stereocenters. The third-order valence-corrected chi connectivity index (χ3v) is 3.96. The highest BCUT2D eigenvalue weighted by atomic mass is 16.5. The summed E-state index contributed by atoms with van der Waals surface area (Å²) in [7, 11) is 0. The van der Waals surface area contributed by atoms with Crippen molar-refractivity contribution < 1.29 is 9.84 Å². The molecular weight excluding hydrogens is 316 g/mol. The van der Waals surface area contributed by atoms with E-state index in [4.69, 9.17) is 4.74 Å². The minimum Gasteiger partial charge on any atom is -0.491 e. The Hall–Kier alpha value is -2.63. The van der Waals surface area contributed by atoms with Gasteiger partial charge in [0.05, 0.1) is 0 Å². The Balaban J connectivity index is 1.50. The van der Waals surface area contributed by atoms with Crippen LogP contribution in [0.5, 0.6) is 5.75 Å². The topological polar surface area (TPSA) is 74.3 Å². The first kappa shape index (κ1) is 17.2. The summed E-state index contributed by atoms with van der Waals surface area (Å²) in [5.74, 6) is 0.741. The fraction of sp³-hybridized carbons (Fsp3) is 0.250. The molecule has 1 heterocycles. The Morgan fingerprint density at radius 1 is 1.16 bits per heavy atom. The first-order valence-corrected chi connectivity index (χ1v) is 8.31. The van der Waals surface area contributed by atoms with Crippen molar-refractivity contribution in [3.8, 4) is 5.75 Å². The van der Waals surface area contributed by atoms with E-state index in [1.807, 2.05) is 61.5 Å². The number of rotatable bonds is 7. The van der Waals surface area contributed by atoms with Crippen molar-refractivity contribution in [2.75, 3.05) is 13.2 Å². The van der Waals surface area contributed by atoms with Crippen LogP contribution in [0.4, 0.5) is 0 Å². The second-order valence-electron chi connectivity index (χ2n) is 6.12. The van der Waals surface area contributed by atoms with Crippen LogP contribution >= 0.6 is 0 Å². The number of ether oxygens (including phenoxy) is 1. The molecule has 0 saturated carbocycles. The Labute approximate surface area is 146 Å². The van der Waals surface area contributed by atoms with Crippen molar-refractivity contribution in [3.63, 3.8) is 0 Å². The van der Waals surface area contributed by atoms with E-state index in [0.717, 1.165) is 22.2 Å². The number of aromatic amines is 1. The van der Waals surface area contributed by atoms with Gasteiger partial charge in [-0.05, 0) is 42.1 Å². The van der Waals surface area contributed by atoms with Gasteiger partial charge < -0.3 is 20.1 Å². The van der Waals surface area contributed by atoms with Gasteiger partial charge in [0.2, 0.25) is 0 Å². The molecule has 0 aliphatic rings. The lowest BCUT2D eigenvalue weighted by atomic mass is 10.1. The van der Waals surface area contributed by atoms with Crippen LogP contribution in [0.3, 0.4) is 0 Å². The summed E-state index contributed by atoms with van der Waals surface area (Å²) in [5, 5.41) is 14.1. The summed E-state index contributed by atoms with van der Waals surface area (Å²) in [4.78, 5) is 14.9. The van der Waals surface area contributed by atoms with Crippen molar-refractivity contribution in [1.82, 2.24) is 10.3 Å². The molecule has 5 nitrogen and oxygen atoms in total. The first-order valence-electron chi connectivity index (χ1n) is 8.31. The normalized spacial score (nSPS) is 12.2. The molecule has 3 aromatic rings. The lowest BCUT2D eigenvalue weighted by Crippen LogP contribution is -2.32. The summed E-state index contributed by atoms with van der Waals surface area (Å²) in [6.07, 6.45) is -0.653. The van der Waals surface area contributed by atoms with Crippen LogP contribution < -0.4 is 15.6 Å². The second kappa shape index (κ2) is 7.96. The van der Waals surface area contributed by atoms with E-state index >= 15 is 0 Å². The molecule has 1 aromatic heterocycles. The van der Waals surface area contributed by atoms with Crippen LogP contribution in [0.25, 0.3) is 10.9 Å². The zero-order valence-corrected chi connectivity index (χ0v) is 14.2. The largest absolute Gasteiger partial charge is 0.491 e. The van der Waals surface area contributed by atoms with Crippen molar-refractivity contribution in [3.05, 3.63) is 76.1 Å². The highest BCUT2D eigenvalue weighted by Gasteiger charge is 2.07. The monoisotopic (exact) mass is 338 g/mol. The quantitative estimate of drug-likeness (QED) is 0.618. The number of benzene rings is 2. The zero-order chi connectivity index (χ0) is 17.6. The molecule has 3 rings (SSSR count). The van der Waals surface area contributed by atoms with Gasteiger partial charge >= 0.3 is 0 Å². The maximum atomic E-state index is 12.1. The SMILES string of the molecule is Cc1cccc(OCC(O)CNCc2cc3ccccc3[nH]c2=O)c1. The number of aliphatic hydroxyl groups excluding tert-OH is 1. The van der Waals surface area contributed by atoms with Gasteiger partial charge in [-0.15, -0.1) is 0 Å². The number of hydrogen-bond acceptors (Lipinski definition) is 4. The highest BCUT2D eigenvalue weighted by molar-refractivity contribution is 5.78. The minimum absolute atomic E-state index is 0.114. The van der Waals surface area contributed by atoms with Crippen LogP contribution in [-0.4, -0.2) is 29.3 Å². The van der Waals surface area contributed by atoms with Gasteiger partial charge in [-0.3, -0.25) is 4.79 Å². The molecule has 0 amide bonds. The fourth-order valence-corrected chi connectivity index (χ4v) is 2.65.